The Morgan fingerprint density at radius 2 is 2.00 bits per heavy atom. The average molecular weight is 334 g/mol. The zero-order valence-corrected chi connectivity index (χ0v) is 14.4. The van der Waals surface area contributed by atoms with Crippen LogP contribution in [-0.2, 0) is 4.79 Å². The summed E-state index contributed by atoms with van der Waals surface area (Å²) in [6.45, 7) is 5.35. The van der Waals surface area contributed by atoms with Crippen LogP contribution in [0.1, 0.15) is 41.5 Å². The van der Waals surface area contributed by atoms with Crippen molar-refractivity contribution >= 4 is 34.8 Å². The second-order valence-electron chi connectivity index (χ2n) is 5.01. The average Bonchev–Trinajstić information content (AvgIpc) is 2.90. The molecule has 4 nitrogen and oxygen atoms in total. The summed E-state index contributed by atoms with van der Waals surface area (Å²) >= 11 is 3.02. The van der Waals surface area contributed by atoms with Gasteiger partial charge in [-0.3, -0.25) is 9.59 Å². The number of rotatable bonds is 6. The van der Waals surface area contributed by atoms with Crippen molar-refractivity contribution in [2.24, 2.45) is 0 Å². The van der Waals surface area contributed by atoms with Gasteiger partial charge in [0.15, 0.2) is 10.1 Å². The van der Waals surface area contributed by atoms with E-state index in [9.17, 15) is 9.59 Å². The zero-order chi connectivity index (χ0) is 16.1. The lowest BCUT2D eigenvalue weighted by atomic mass is 10.0. The van der Waals surface area contributed by atoms with Crippen LogP contribution in [-0.4, -0.2) is 22.4 Å². The predicted octanol–water partition coefficient (Wildman–Crippen LogP) is 3.62. The Kier molecular flexibility index (Phi) is 5.74. The number of ketones is 1. The molecule has 2 rings (SSSR count). The summed E-state index contributed by atoms with van der Waals surface area (Å²) in [6, 6.07) is 7.32. The highest BCUT2D eigenvalue weighted by atomic mass is 32.2. The van der Waals surface area contributed by atoms with Gasteiger partial charge in [-0.15, -0.1) is 11.3 Å². The second-order valence-corrected chi connectivity index (χ2v) is 7.09. The maximum absolute atomic E-state index is 12.2. The first kappa shape index (κ1) is 16.7. The molecule has 116 valence electrons. The topological polar surface area (TPSA) is 59.1 Å². The van der Waals surface area contributed by atoms with Crippen LogP contribution in [0, 0.1) is 6.92 Å². The van der Waals surface area contributed by atoms with Crippen molar-refractivity contribution in [1.29, 1.82) is 0 Å². The molecule has 0 saturated heterocycles. The largest absolute Gasteiger partial charge is 0.350 e. The van der Waals surface area contributed by atoms with Crippen LogP contribution >= 0.6 is 23.1 Å². The number of aromatic nitrogens is 1. The minimum absolute atomic E-state index is 0.0608. The van der Waals surface area contributed by atoms with E-state index in [1.54, 1.807) is 11.3 Å². The van der Waals surface area contributed by atoms with E-state index < -0.39 is 0 Å². The molecular weight excluding hydrogens is 316 g/mol. The van der Waals surface area contributed by atoms with Gasteiger partial charge in [-0.25, -0.2) is 4.98 Å². The number of hydrogen-bond acceptors (Lipinski definition) is 5. The van der Waals surface area contributed by atoms with Crippen LogP contribution in [0.3, 0.4) is 0 Å². The van der Waals surface area contributed by atoms with Gasteiger partial charge in [0.2, 0.25) is 5.91 Å². The lowest BCUT2D eigenvalue weighted by molar-refractivity contribution is -0.119. The number of carbonyl (C=O) groups is 2. The molecule has 0 spiro atoms. The van der Waals surface area contributed by atoms with Crippen molar-refractivity contribution in [2.45, 2.75) is 31.2 Å². The first-order valence-electron chi connectivity index (χ1n) is 6.91. The van der Waals surface area contributed by atoms with E-state index in [1.807, 2.05) is 43.5 Å². The molecule has 0 aliphatic carbocycles. The molecule has 2 aromatic rings. The van der Waals surface area contributed by atoms with Gasteiger partial charge in [-0.05, 0) is 19.4 Å². The Bertz CT molecular complexity index is 665. The molecule has 0 fully saturated rings. The molecular formula is C16H18N2O2S2. The number of amides is 1. The number of thioether (sulfide) groups is 1. The molecule has 1 aromatic heterocycles. The summed E-state index contributed by atoms with van der Waals surface area (Å²) in [7, 11) is 0. The Morgan fingerprint density at radius 1 is 1.32 bits per heavy atom. The molecule has 1 atom stereocenters. The number of Topliss-reactive ketones (excluding diaryl/α,β-unsaturated/α-hetero) is 1. The first-order chi connectivity index (χ1) is 10.5. The van der Waals surface area contributed by atoms with E-state index in [0.29, 0.717) is 11.3 Å². The SMILES string of the molecule is CC(=O)N[C@H](C)c1ccc(C(=O)CSc2nc(C)cs2)cc1. The summed E-state index contributed by atoms with van der Waals surface area (Å²) in [5.41, 5.74) is 2.64. The molecule has 1 N–H and O–H groups in total. The third-order valence-corrected chi connectivity index (χ3v) is 5.22. The molecule has 0 radical (unpaired) electrons. The molecule has 0 aliphatic heterocycles. The number of hydrogen-bond donors (Lipinski definition) is 1. The van der Waals surface area contributed by atoms with Gasteiger partial charge in [0, 0.05) is 23.6 Å². The van der Waals surface area contributed by atoms with Crippen LogP contribution < -0.4 is 5.32 Å². The minimum atomic E-state index is -0.0669. The van der Waals surface area contributed by atoms with Crippen LogP contribution in [0.2, 0.25) is 0 Å². The highest BCUT2D eigenvalue weighted by Crippen LogP contribution is 2.23. The Morgan fingerprint density at radius 3 is 2.55 bits per heavy atom. The van der Waals surface area contributed by atoms with Gasteiger partial charge in [0.25, 0.3) is 0 Å². The van der Waals surface area contributed by atoms with Crippen molar-refractivity contribution in [2.75, 3.05) is 5.75 Å². The lowest BCUT2D eigenvalue weighted by Crippen LogP contribution is -2.23. The van der Waals surface area contributed by atoms with E-state index in [0.717, 1.165) is 15.6 Å². The maximum Gasteiger partial charge on any atom is 0.217 e. The summed E-state index contributed by atoms with van der Waals surface area (Å²) in [4.78, 5) is 27.6. The summed E-state index contributed by atoms with van der Waals surface area (Å²) < 4.78 is 0.918. The molecule has 0 saturated carbocycles. The number of nitrogens with one attached hydrogen (secondary N) is 1. The molecule has 0 bridgehead atoms. The number of thiazole rings is 1. The summed E-state index contributed by atoms with van der Waals surface area (Å²) in [6.07, 6.45) is 0. The van der Waals surface area contributed by atoms with E-state index in [-0.39, 0.29) is 17.7 Å². The van der Waals surface area contributed by atoms with Crippen LogP contribution in [0.15, 0.2) is 34.0 Å². The Hall–Kier alpha value is -1.66. The van der Waals surface area contributed by atoms with E-state index >= 15 is 0 Å². The van der Waals surface area contributed by atoms with Crippen LogP contribution in [0.25, 0.3) is 0 Å². The van der Waals surface area contributed by atoms with Crippen molar-refractivity contribution in [3.63, 3.8) is 0 Å². The third-order valence-electron chi connectivity index (χ3n) is 3.08. The molecule has 1 aromatic carbocycles. The Balaban J connectivity index is 1.94. The maximum atomic E-state index is 12.2. The number of carbonyl (C=O) groups excluding carboxylic acids is 2. The number of nitrogens with zero attached hydrogens (tertiary/aromatic N) is 1. The van der Waals surface area contributed by atoms with Gasteiger partial charge < -0.3 is 5.32 Å². The molecule has 6 heteroatoms. The van der Waals surface area contributed by atoms with E-state index in [2.05, 4.69) is 10.3 Å². The minimum Gasteiger partial charge on any atom is -0.350 e. The second kappa shape index (κ2) is 7.56. The predicted molar refractivity (Wildman–Crippen MR) is 90.6 cm³/mol. The van der Waals surface area contributed by atoms with Crippen molar-refractivity contribution in [3.05, 3.63) is 46.5 Å². The molecule has 1 amide bonds. The standard InChI is InChI=1S/C16H18N2O2S2/c1-10-8-21-16(17-10)22-9-15(20)14-6-4-13(5-7-14)11(2)18-12(3)19/h4-8,11H,9H2,1-3H3,(H,18,19)/t11-/m1/s1. The highest BCUT2D eigenvalue weighted by molar-refractivity contribution is 8.01. The van der Waals surface area contributed by atoms with Crippen LogP contribution in [0.5, 0.6) is 0 Å². The molecule has 1 heterocycles. The Labute approximate surface area is 138 Å². The lowest BCUT2D eigenvalue weighted by Gasteiger charge is -2.13. The van der Waals surface area contributed by atoms with Crippen LogP contribution in [0.4, 0.5) is 0 Å². The quantitative estimate of drug-likeness (QED) is 0.647. The fraction of sp³-hybridized carbons (Fsp3) is 0.312. The van der Waals surface area contributed by atoms with Gasteiger partial charge in [0.05, 0.1) is 11.8 Å². The third kappa shape index (κ3) is 4.68. The normalized spacial score (nSPS) is 12.0. The fourth-order valence-electron chi connectivity index (χ4n) is 1.96. The zero-order valence-electron chi connectivity index (χ0n) is 12.8. The first-order valence-corrected chi connectivity index (χ1v) is 8.77. The van der Waals surface area contributed by atoms with Gasteiger partial charge in [0.1, 0.15) is 0 Å². The molecule has 0 unspecified atom stereocenters. The molecule has 0 aliphatic rings. The monoisotopic (exact) mass is 334 g/mol. The number of benzene rings is 1. The van der Waals surface area contributed by atoms with Gasteiger partial charge in [-0.2, -0.15) is 0 Å². The smallest absolute Gasteiger partial charge is 0.217 e. The summed E-state index contributed by atoms with van der Waals surface area (Å²) in [5, 5.41) is 4.80. The van der Waals surface area contributed by atoms with E-state index in [1.165, 1.54) is 18.7 Å². The molecule has 22 heavy (non-hydrogen) atoms. The van der Waals surface area contributed by atoms with Crippen molar-refractivity contribution < 1.29 is 9.59 Å². The van der Waals surface area contributed by atoms with Crippen molar-refractivity contribution in [1.82, 2.24) is 10.3 Å². The van der Waals surface area contributed by atoms with Crippen molar-refractivity contribution in [3.8, 4) is 0 Å². The van der Waals surface area contributed by atoms with E-state index in [4.69, 9.17) is 0 Å². The van der Waals surface area contributed by atoms with Gasteiger partial charge in [-0.1, -0.05) is 36.0 Å². The summed E-state index contributed by atoms with van der Waals surface area (Å²) in [5.74, 6) is 0.396. The number of aryl methyl sites for hydroxylation is 1. The fourth-order valence-corrected chi connectivity index (χ4v) is 3.70. The highest BCUT2D eigenvalue weighted by Gasteiger charge is 2.10. The van der Waals surface area contributed by atoms with Gasteiger partial charge >= 0.3 is 0 Å².